The SMILES string of the molecule is CCCCC1CNCC(C)(CC)O1. The van der Waals surface area contributed by atoms with Crippen LogP contribution in [0.25, 0.3) is 0 Å². The summed E-state index contributed by atoms with van der Waals surface area (Å²) in [5.41, 5.74) is 0.0800. The van der Waals surface area contributed by atoms with Gasteiger partial charge in [0.15, 0.2) is 0 Å². The molecule has 1 aliphatic heterocycles. The molecule has 0 spiro atoms. The van der Waals surface area contributed by atoms with Crippen LogP contribution in [0.1, 0.15) is 46.5 Å². The Morgan fingerprint density at radius 3 is 2.85 bits per heavy atom. The monoisotopic (exact) mass is 185 g/mol. The zero-order valence-corrected chi connectivity index (χ0v) is 9.23. The van der Waals surface area contributed by atoms with E-state index in [-0.39, 0.29) is 5.60 Å². The van der Waals surface area contributed by atoms with E-state index in [9.17, 15) is 0 Å². The van der Waals surface area contributed by atoms with Gasteiger partial charge in [-0.25, -0.2) is 0 Å². The van der Waals surface area contributed by atoms with E-state index in [2.05, 4.69) is 26.1 Å². The van der Waals surface area contributed by atoms with Crippen molar-refractivity contribution >= 4 is 0 Å². The fourth-order valence-electron chi connectivity index (χ4n) is 1.78. The molecule has 78 valence electrons. The molecular weight excluding hydrogens is 162 g/mol. The predicted molar refractivity (Wildman–Crippen MR) is 56.0 cm³/mol. The van der Waals surface area contributed by atoms with Crippen molar-refractivity contribution in [2.45, 2.75) is 58.2 Å². The maximum Gasteiger partial charge on any atom is 0.0780 e. The van der Waals surface area contributed by atoms with Gasteiger partial charge in [0, 0.05) is 13.1 Å². The third-order valence-electron chi connectivity index (χ3n) is 2.95. The van der Waals surface area contributed by atoms with Crippen molar-refractivity contribution in [3.05, 3.63) is 0 Å². The molecule has 2 nitrogen and oxygen atoms in total. The van der Waals surface area contributed by atoms with Crippen LogP contribution in [0.3, 0.4) is 0 Å². The van der Waals surface area contributed by atoms with Gasteiger partial charge in [0.05, 0.1) is 11.7 Å². The van der Waals surface area contributed by atoms with Crippen molar-refractivity contribution in [2.24, 2.45) is 0 Å². The van der Waals surface area contributed by atoms with Gasteiger partial charge in [-0.15, -0.1) is 0 Å². The molecule has 1 aliphatic rings. The molecule has 1 rings (SSSR count). The molecule has 0 aromatic rings. The summed E-state index contributed by atoms with van der Waals surface area (Å²) in [6.45, 7) is 8.68. The fraction of sp³-hybridized carbons (Fsp3) is 1.00. The highest BCUT2D eigenvalue weighted by Crippen LogP contribution is 2.22. The van der Waals surface area contributed by atoms with Crippen molar-refractivity contribution in [3.8, 4) is 0 Å². The summed E-state index contributed by atoms with van der Waals surface area (Å²) in [7, 11) is 0. The Labute approximate surface area is 82.0 Å². The van der Waals surface area contributed by atoms with Crippen LogP contribution in [0.5, 0.6) is 0 Å². The van der Waals surface area contributed by atoms with Gasteiger partial charge in [0.1, 0.15) is 0 Å². The first kappa shape index (κ1) is 11.0. The number of hydrogen-bond donors (Lipinski definition) is 1. The van der Waals surface area contributed by atoms with E-state index in [1.165, 1.54) is 19.3 Å². The van der Waals surface area contributed by atoms with Crippen LogP contribution in [0, 0.1) is 0 Å². The van der Waals surface area contributed by atoms with Crippen LogP contribution in [0.2, 0.25) is 0 Å². The fourth-order valence-corrected chi connectivity index (χ4v) is 1.78. The quantitative estimate of drug-likeness (QED) is 0.726. The first-order chi connectivity index (χ1) is 6.20. The molecule has 2 heteroatoms. The Morgan fingerprint density at radius 1 is 1.46 bits per heavy atom. The maximum absolute atomic E-state index is 6.06. The summed E-state index contributed by atoms with van der Waals surface area (Å²) in [5, 5.41) is 3.46. The first-order valence-corrected chi connectivity index (χ1v) is 5.58. The minimum atomic E-state index is 0.0800. The third-order valence-corrected chi connectivity index (χ3v) is 2.95. The zero-order valence-electron chi connectivity index (χ0n) is 9.23. The Balaban J connectivity index is 2.33. The lowest BCUT2D eigenvalue weighted by atomic mass is 9.99. The van der Waals surface area contributed by atoms with Crippen molar-refractivity contribution in [1.29, 1.82) is 0 Å². The average molecular weight is 185 g/mol. The molecule has 0 aromatic heterocycles. The molecule has 0 saturated carbocycles. The molecular formula is C11H23NO. The second-order valence-corrected chi connectivity index (χ2v) is 4.32. The van der Waals surface area contributed by atoms with Crippen molar-refractivity contribution in [1.82, 2.24) is 5.32 Å². The predicted octanol–water partition coefficient (Wildman–Crippen LogP) is 2.33. The van der Waals surface area contributed by atoms with E-state index < -0.39 is 0 Å². The number of rotatable bonds is 4. The largest absolute Gasteiger partial charge is 0.369 e. The second-order valence-electron chi connectivity index (χ2n) is 4.32. The number of ether oxygens (including phenoxy) is 1. The average Bonchev–Trinajstić information content (AvgIpc) is 2.15. The van der Waals surface area contributed by atoms with Crippen LogP contribution in [0.4, 0.5) is 0 Å². The molecule has 13 heavy (non-hydrogen) atoms. The molecule has 2 atom stereocenters. The van der Waals surface area contributed by atoms with E-state index >= 15 is 0 Å². The molecule has 0 aliphatic carbocycles. The van der Waals surface area contributed by atoms with E-state index in [0.29, 0.717) is 6.10 Å². The Morgan fingerprint density at radius 2 is 2.23 bits per heavy atom. The number of hydrogen-bond acceptors (Lipinski definition) is 2. The van der Waals surface area contributed by atoms with Crippen LogP contribution in [0.15, 0.2) is 0 Å². The summed E-state index contributed by atoms with van der Waals surface area (Å²) >= 11 is 0. The van der Waals surface area contributed by atoms with Crippen molar-refractivity contribution < 1.29 is 4.74 Å². The summed E-state index contributed by atoms with van der Waals surface area (Å²) in [6.07, 6.45) is 5.30. The maximum atomic E-state index is 6.06. The van der Waals surface area contributed by atoms with Gasteiger partial charge in [-0.1, -0.05) is 26.7 Å². The van der Waals surface area contributed by atoms with Gasteiger partial charge in [0.25, 0.3) is 0 Å². The van der Waals surface area contributed by atoms with Gasteiger partial charge in [-0.3, -0.25) is 0 Å². The normalized spacial score (nSPS) is 34.8. The van der Waals surface area contributed by atoms with Crippen molar-refractivity contribution in [3.63, 3.8) is 0 Å². The molecule has 1 N–H and O–H groups in total. The van der Waals surface area contributed by atoms with Crippen LogP contribution in [-0.2, 0) is 4.74 Å². The summed E-state index contributed by atoms with van der Waals surface area (Å²) < 4.78 is 6.06. The Hall–Kier alpha value is -0.0800. The molecule has 0 bridgehead atoms. The molecule has 0 amide bonds. The van der Waals surface area contributed by atoms with Crippen LogP contribution < -0.4 is 5.32 Å². The standard InChI is InChI=1S/C11H23NO/c1-4-6-7-10-8-12-9-11(3,5-2)13-10/h10,12H,4-9H2,1-3H3. The second kappa shape index (κ2) is 4.97. The van der Waals surface area contributed by atoms with E-state index in [1.54, 1.807) is 0 Å². The zero-order chi connectivity index (χ0) is 9.73. The number of unbranched alkanes of at least 4 members (excludes halogenated alkanes) is 1. The minimum absolute atomic E-state index is 0.0800. The molecule has 1 fully saturated rings. The van der Waals surface area contributed by atoms with E-state index in [4.69, 9.17) is 4.74 Å². The highest BCUT2D eigenvalue weighted by atomic mass is 16.5. The van der Waals surface area contributed by atoms with E-state index in [0.717, 1.165) is 19.5 Å². The smallest absolute Gasteiger partial charge is 0.0780 e. The topological polar surface area (TPSA) is 21.3 Å². The lowest BCUT2D eigenvalue weighted by Gasteiger charge is -2.38. The Kier molecular flexibility index (Phi) is 4.20. The van der Waals surface area contributed by atoms with Gasteiger partial charge in [-0.2, -0.15) is 0 Å². The Bertz CT molecular complexity index is 149. The van der Waals surface area contributed by atoms with Crippen LogP contribution >= 0.6 is 0 Å². The van der Waals surface area contributed by atoms with Gasteiger partial charge >= 0.3 is 0 Å². The molecule has 0 radical (unpaired) electrons. The summed E-state index contributed by atoms with van der Waals surface area (Å²) in [6, 6.07) is 0. The number of nitrogens with one attached hydrogen (secondary N) is 1. The van der Waals surface area contributed by atoms with Crippen LogP contribution in [-0.4, -0.2) is 24.8 Å². The van der Waals surface area contributed by atoms with Crippen molar-refractivity contribution in [2.75, 3.05) is 13.1 Å². The minimum Gasteiger partial charge on any atom is -0.369 e. The first-order valence-electron chi connectivity index (χ1n) is 5.58. The van der Waals surface area contributed by atoms with Gasteiger partial charge in [0.2, 0.25) is 0 Å². The van der Waals surface area contributed by atoms with E-state index in [1.807, 2.05) is 0 Å². The lowest BCUT2D eigenvalue weighted by Crippen LogP contribution is -2.51. The molecule has 1 saturated heterocycles. The molecule has 2 unspecified atom stereocenters. The van der Waals surface area contributed by atoms with Gasteiger partial charge < -0.3 is 10.1 Å². The molecule has 0 aromatic carbocycles. The summed E-state index contributed by atoms with van der Waals surface area (Å²) in [4.78, 5) is 0. The third kappa shape index (κ3) is 3.28. The number of morpholine rings is 1. The highest BCUT2D eigenvalue weighted by Gasteiger charge is 2.30. The van der Waals surface area contributed by atoms with Gasteiger partial charge in [-0.05, 0) is 19.8 Å². The lowest BCUT2D eigenvalue weighted by molar-refractivity contribution is -0.109. The molecule has 1 heterocycles. The highest BCUT2D eigenvalue weighted by molar-refractivity contribution is 4.83. The summed E-state index contributed by atoms with van der Waals surface area (Å²) in [5.74, 6) is 0.